The molecule has 23 heavy (non-hydrogen) atoms. The lowest BCUT2D eigenvalue weighted by Crippen LogP contribution is -2.53. The van der Waals surface area contributed by atoms with Gasteiger partial charge in [-0.1, -0.05) is 18.2 Å². The third kappa shape index (κ3) is 4.53. The van der Waals surface area contributed by atoms with Crippen LogP contribution in [0.2, 0.25) is 0 Å². The van der Waals surface area contributed by atoms with Crippen molar-refractivity contribution in [2.45, 2.75) is 31.9 Å². The van der Waals surface area contributed by atoms with E-state index < -0.39 is 0 Å². The Kier molecular flexibility index (Phi) is 5.65. The van der Waals surface area contributed by atoms with Crippen LogP contribution in [-0.2, 0) is 9.53 Å². The quantitative estimate of drug-likeness (QED) is 0.900. The molecule has 3 rings (SSSR count). The molecule has 2 atom stereocenters. The summed E-state index contributed by atoms with van der Waals surface area (Å²) < 4.78 is 5.72. The minimum atomic E-state index is -0.0971. The van der Waals surface area contributed by atoms with Gasteiger partial charge in [0.15, 0.2) is 0 Å². The molecular weight excluding hydrogens is 290 g/mol. The summed E-state index contributed by atoms with van der Waals surface area (Å²) in [6.07, 6.45) is 2.80. The molecule has 1 aromatic carbocycles. The van der Waals surface area contributed by atoms with E-state index in [0.29, 0.717) is 6.10 Å². The first-order valence-corrected chi connectivity index (χ1v) is 8.66. The van der Waals surface area contributed by atoms with Gasteiger partial charge in [-0.05, 0) is 31.9 Å². The van der Waals surface area contributed by atoms with Crippen LogP contribution < -0.4 is 5.32 Å². The Morgan fingerprint density at radius 2 is 2.00 bits per heavy atom. The van der Waals surface area contributed by atoms with Gasteiger partial charge in [-0.15, -0.1) is 0 Å². The smallest absolute Gasteiger partial charge is 0.241 e. The van der Waals surface area contributed by atoms with Crippen LogP contribution in [0.25, 0.3) is 0 Å². The third-order valence-electron chi connectivity index (χ3n) is 4.86. The van der Waals surface area contributed by atoms with Crippen molar-refractivity contribution in [1.82, 2.24) is 9.80 Å². The third-order valence-corrected chi connectivity index (χ3v) is 4.86. The molecule has 2 aliphatic rings. The fourth-order valence-electron chi connectivity index (χ4n) is 3.34. The van der Waals surface area contributed by atoms with Crippen LogP contribution in [0.3, 0.4) is 0 Å². The van der Waals surface area contributed by atoms with Gasteiger partial charge in [0.25, 0.3) is 0 Å². The molecule has 5 nitrogen and oxygen atoms in total. The van der Waals surface area contributed by atoms with E-state index in [2.05, 4.69) is 15.1 Å². The first-order chi connectivity index (χ1) is 11.2. The summed E-state index contributed by atoms with van der Waals surface area (Å²) in [5.41, 5.74) is 0.862. The summed E-state index contributed by atoms with van der Waals surface area (Å²) in [4.78, 5) is 17.1. The molecule has 2 aliphatic heterocycles. The molecule has 2 fully saturated rings. The van der Waals surface area contributed by atoms with Crippen molar-refractivity contribution in [2.75, 3.05) is 44.6 Å². The highest BCUT2D eigenvalue weighted by Gasteiger charge is 2.27. The Labute approximate surface area is 138 Å². The lowest BCUT2D eigenvalue weighted by Gasteiger charge is -2.38. The lowest BCUT2D eigenvalue weighted by molar-refractivity contribution is -0.121. The van der Waals surface area contributed by atoms with Crippen molar-refractivity contribution in [2.24, 2.45) is 0 Å². The highest BCUT2D eigenvalue weighted by atomic mass is 16.5. The van der Waals surface area contributed by atoms with Gasteiger partial charge >= 0.3 is 0 Å². The van der Waals surface area contributed by atoms with Gasteiger partial charge in [0.2, 0.25) is 5.91 Å². The molecule has 0 unspecified atom stereocenters. The van der Waals surface area contributed by atoms with Crippen LogP contribution in [0.1, 0.15) is 19.8 Å². The van der Waals surface area contributed by atoms with Crippen LogP contribution in [0.15, 0.2) is 30.3 Å². The molecular formula is C18H27N3O2. The van der Waals surface area contributed by atoms with E-state index in [1.807, 2.05) is 37.3 Å². The Morgan fingerprint density at radius 1 is 1.26 bits per heavy atom. The molecule has 1 aromatic rings. The van der Waals surface area contributed by atoms with E-state index in [1.165, 1.54) is 12.8 Å². The van der Waals surface area contributed by atoms with Crippen molar-refractivity contribution in [3.05, 3.63) is 30.3 Å². The van der Waals surface area contributed by atoms with Crippen LogP contribution in [0, 0.1) is 0 Å². The minimum Gasteiger partial charge on any atom is -0.377 e. The fraction of sp³-hybridized carbons (Fsp3) is 0.611. The van der Waals surface area contributed by atoms with Crippen LogP contribution in [0.4, 0.5) is 5.69 Å². The zero-order valence-corrected chi connectivity index (χ0v) is 13.9. The molecule has 0 bridgehead atoms. The van der Waals surface area contributed by atoms with E-state index in [9.17, 15) is 4.79 Å². The molecule has 0 spiro atoms. The lowest BCUT2D eigenvalue weighted by atomic mass is 10.2. The summed E-state index contributed by atoms with van der Waals surface area (Å²) in [7, 11) is 0. The molecule has 2 heterocycles. The molecule has 5 heteroatoms. The maximum absolute atomic E-state index is 12.4. The normalized spacial score (nSPS) is 24.5. The number of amides is 1. The number of carbonyl (C=O) groups excluding carboxylic acids is 1. The van der Waals surface area contributed by atoms with Crippen molar-refractivity contribution in [3.8, 4) is 0 Å². The predicted octanol–water partition coefficient (Wildman–Crippen LogP) is 1.81. The Bertz CT molecular complexity index is 494. The number of para-hydroxylation sites is 1. The second-order valence-corrected chi connectivity index (χ2v) is 6.50. The molecule has 126 valence electrons. The number of rotatable bonds is 5. The molecule has 0 radical (unpaired) electrons. The number of nitrogens with zero attached hydrogens (tertiary/aromatic N) is 2. The first-order valence-electron chi connectivity index (χ1n) is 8.66. The Morgan fingerprint density at radius 3 is 2.65 bits per heavy atom. The maximum atomic E-state index is 12.4. The minimum absolute atomic E-state index is 0.0729. The van der Waals surface area contributed by atoms with E-state index >= 15 is 0 Å². The number of hydrogen-bond donors (Lipinski definition) is 1. The number of piperazine rings is 1. The number of hydrogen-bond acceptors (Lipinski definition) is 4. The van der Waals surface area contributed by atoms with Crippen LogP contribution >= 0.6 is 0 Å². The predicted molar refractivity (Wildman–Crippen MR) is 91.5 cm³/mol. The Balaban J connectivity index is 1.44. The number of benzene rings is 1. The summed E-state index contributed by atoms with van der Waals surface area (Å²) in [5, 5.41) is 2.99. The highest BCUT2D eigenvalue weighted by molar-refractivity contribution is 5.94. The van der Waals surface area contributed by atoms with Gasteiger partial charge in [0, 0.05) is 45.0 Å². The summed E-state index contributed by atoms with van der Waals surface area (Å²) in [5.74, 6) is 0.0729. The topological polar surface area (TPSA) is 44.8 Å². The van der Waals surface area contributed by atoms with Gasteiger partial charge in [0.05, 0.1) is 12.1 Å². The zero-order valence-electron chi connectivity index (χ0n) is 13.9. The Hall–Kier alpha value is -1.43. The van der Waals surface area contributed by atoms with E-state index in [4.69, 9.17) is 4.74 Å². The summed E-state index contributed by atoms with van der Waals surface area (Å²) >= 11 is 0. The van der Waals surface area contributed by atoms with Crippen molar-refractivity contribution >= 4 is 11.6 Å². The average molecular weight is 317 g/mol. The van der Waals surface area contributed by atoms with Gasteiger partial charge in [0.1, 0.15) is 0 Å². The zero-order chi connectivity index (χ0) is 16.1. The number of nitrogens with one attached hydrogen (secondary N) is 1. The standard InChI is InChI=1S/C18H27N3O2/c1-15(18(22)19-16-6-3-2-4-7-16)21-11-9-20(10-12-21)14-17-8-5-13-23-17/h2-4,6-7,15,17H,5,8-14H2,1H3,(H,19,22)/t15-,17+/m1/s1. The molecule has 1 N–H and O–H groups in total. The highest BCUT2D eigenvalue weighted by Crippen LogP contribution is 2.15. The van der Waals surface area contributed by atoms with Crippen molar-refractivity contribution in [1.29, 1.82) is 0 Å². The second kappa shape index (κ2) is 7.90. The van der Waals surface area contributed by atoms with Gasteiger partial charge in [-0.2, -0.15) is 0 Å². The summed E-state index contributed by atoms with van der Waals surface area (Å²) in [6, 6.07) is 9.56. The fourth-order valence-corrected chi connectivity index (χ4v) is 3.34. The number of anilines is 1. The first kappa shape index (κ1) is 16.4. The van der Waals surface area contributed by atoms with E-state index in [1.54, 1.807) is 0 Å². The molecule has 0 saturated carbocycles. The van der Waals surface area contributed by atoms with E-state index in [0.717, 1.165) is 45.0 Å². The van der Waals surface area contributed by atoms with Crippen molar-refractivity contribution in [3.63, 3.8) is 0 Å². The monoisotopic (exact) mass is 317 g/mol. The van der Waals surface area contributed by atoms with Crippen LogP contribution in [0.5, 0.6) is 0 Å². The average Bonchev–Trinajstić information content (AvgIpc) is 3.09. The summed E-state index contributed by atoms with van der Waals surface area (Å²) in [6.45, 7) is 7.87. The maximum Gasteiger partial charge on any atom is 0.241 e. The van der Waals surface area contributed by atoms with Crippen LogP contribution in [-0.4, -0.2) is 67.2 Å². The van der Waals surface area contributed by atoms with Crippen molar-refractivity contribution < 1.29 is 9.53 Å². The number of carbonyl (C=O) groups is 1. The van der Waals surface area contributed by atoms with Gasteiger partial charge in [-0.25, -0.2) is 0 Å². The second-order valence-electron chi connectivity index (χ2n) is 6.50. The van der Waals surface area contributed by atoms with Gasteiger partial charge in [-0.3, -0.25) is 14.6 Å². The van der Waals surface area contributed by atoms with E-state index in [-0.39, 0.29) is 11.9 Å². The molecule has 0 aliphatic carbocycles. The molecule has 1 amide bonds. The molecule has 2 saturated heterocycles. The largest absolute Gasteiger partial charge is 0.377 e. The molecule has 0 aromatic heterocycles. The number of ether oxygens (including phenoxy) is 1. The van der Waals surface area contributed by atoms with Gasteiger partial charge < -0.3 is 10.1 Å². The SMILES string of the molecule is C[C@H](C(=O)Nc1ccccc1)N1CCN(C[C@@H]2CCCO2)CC1.